The van der Waals surface area contributed by atoms with Gasteiger partial charge < -0.3 is 5.32 Å². The summed E-state index contributed by atoms with van der Waals surface area (Å²) in [6.45, 7) is 9.05. The number of anilines is 1. The van der Waals surface area contributed by atoms with Crippen LogP contribution in [0.2, 0.25) is 0 Å². The molecule has 5 heteroatoms. The molecule has 1 aliphatic heterocycles. The molecule has 2 atom stereocenters. The highest BCUT2D eigenvalue weighted by Crippen LogP contribution is 2.35. The van der Waals surface area contributed by atoms with Crippen LogP contribution in [-0.4, -0.2) is 28.4 Å². The van der Waals surface area contributed by atoms with Crippen molar-refractivity contribution in [3.05, 3.63) is 46.8 Å². The van der Waals surface area contributed by atoms with E-state index in [1.54, 1.807) is 0 Å². The first-order valence-electron chi connectivity index (χ1n) is 8.54. The Morgan fingerprint density at radius 1 is 1.38 bits per heavy atom. The lowest BCUT2D eigenvalue weighted by Crippen LogP contribution is -2.44. The second-order valence-corrected chi connectivity index (χ2v) is 6.90. The number of para-hydroxylation sites is 1. The Morgan fingerprint density at radius 2 is 2.08 bits per heavy atom. The standard InChI is InChI=1S/C19H26N4O/c1-12-11-23(18-9-7-6-8-16(12)18)19(24)20-13(2)10-17-14(3)21-22(5)15(17)4/h6-9,12-13H,10-11H2,1-5H3,(H,20,24)/t12-,13-/m1/s1. The van der Waals surface area contributed by atoms with Gasteiger partial charge in [-0.2, -0.15) is 5.10 Å². The summed E-state index contributed by atoms with van der Waals surface area (Å²) in [5.74, 6) is 0.380. The van der Waals surface area contributed by atoms with E-state index in [0.717, 1.165) is 30.0 Å². The van der Waals surface area contributed by atoms with E-state index >= 15 is 0 Å². The molecule has 3 rings (SSSR count). The number of aromatic nitrogens is 2. The molecule has 2 amide bonds. The van der Waals surface area contributed by atoms with Gasteiger partial charge in [0.25, 0.3) is 0 Å². The summed E-state index contributed by atoms with van der Waals surface area (Å²) < 4.78 is 1.90. The van der Waals surface area contributed by atoms with Gasteiger partial charge in [0.05, 0.1) is 5.69 Å². The molecular weight excluding hydrogens is 300 g/mol. The van der Waals surface area contributed by atoms with Crippen LogP contribution in [-0.2, 0) is 13.5 Å². The summed E-state index contributed by atoms with van der Waals surface area (Å²) in [7, 11) is 1.96. The second kappa shape index (κ2) is 6.30. The van der Waals surface area contributed by atoms with E-state index in [2.05, 4.69) is 37.3 Å². The zero-order valence-corrected chi connectivity index (χ0v) is 15.1. The van der Waals surface area contributed by atoms with Crippen LogP contribution in [0.25, 0.3) is 0 Å². The number of nitrogens with one attached hydrogen (secondary N) is 1. The van der Waals surface area contributed by atoms with Gasteiger partial charge in [-0.3, -0.25) is 9.58 Å². The third-order valence-corrected chi connectivity index (χ3v) is 5.00. The van der Waals surface area contributed by atoms with Crippen molar-refractivity contribution in [3.8, 4) is 0 Å². The number of carbonyl (C=O) groups is 1. The maximum absolute atomic E-state index is 12.7. The fourth-order valence-corrected chi connectivity index (χ4v) is 3.57. The predicted molar refractivity (Wildman–Crippen MR) is 96.6 cm³/mol. The number of aryl methyl sites for hydroxylation is 2. The lowest BCUT2D eigenvalue weighted by atomic mass is 10.0. The smallest absolute Gasteiger partial charge is 0.322 e. The van der Waals surface area contributed by atoms with Crippen LogP contribution in [0.3, 0.4) is 0 Å². The fraction of sp³-hybridized carbons (Fsp3) is 0.474. The highest BCUT2D eigenvalue weighted by atomic mass is 16.2. The van der Waals surface area contributed by atoms with Gasteiger partial charge in [-0.15, -0.1) is 0 Å². The minimum atomic E-state index is -0.0153. The maximum Gasteiger partial charge on any atom is 0.322 e. The van der Waals surface area contributed by atoms with E-state index in [4.69, 9.17) is 0 Å². The first-order chi connectivity index (χ1) is 11.4. The molecule has 2 aromatic rings. The number of rotatable bonds is 3. The summed E-state index contributed by atoms with van der Waals surface area (Å²) >= 11 is 0. The maximum atomic E-state index is 12.7. The van der Waals surface area contributed by atoms with Gasteiger partial charge in [0.1, 0.15) is 0 Å². The van der Waals surface area contributed by atoms with E-state index in [9.17, 15) is 4.79 Å². The number of hydrogen-bond donors (Lipinski definition) is 1. The number of benzene rings is 1. The predicted octanol–water partition coefficient (Wildman–Crippen LogP) is 3.30. The molecule has 0 unspecified atom stereocenters. The van der Waals surface area contributed by atoms with Gasteiger partial charge in [0, 0.05) is 36.9 Å². The largest absolute Gasteiger partial charge is 0.335 e. The summed E-state index contributed by atoms with van der Waals surface area (Å²) in [5.41, 5.74) is 5.70. The average molecular weight is 326 g/mol. The number of nitrogens with zero attached hydrogens (tertiary/aromatic N) is 3. The Hall–Kier alpha value is -2.30. The van der Waals surface area contributed by atoms with E-state index in [1.165, 1.54) is 11.1 Å². The fourth-order valence-electron chi connectivity index (χ4n) is 3.57. The Bertz CT molecular complexity index is 765. The molecule has 128 valence electrons. The molecule has 0 saturated carbocycles. The molecule has 0 aliphatic carbocycles. The molecule has 5 nitrogen and oxygen atoms in total. The van der Waals surface area contributed by atoms with Crippen molar-refractivity contribution in [3.63, 3.8) is 0 Å². The molecule has 0 saturated heterocycles. The first kappa shape index (κ1) is 16.6. The minimum absolute atomic E-state index is 0.0153. The monoisotopic (exact) mass is 326 g/mol. The zero-order chi connectivity index (χ0) is 17.4. The number of urea groups is 1. The second-order valence-electron chi connectivity index (χ2n) is 6.90. The van der Waals surface area contributed by atoms with Gasteiger partial charge in [0.15, 0.2) is 0 Å². The quantitative estimate of drug-likeness (QED) is 0.941. The van der Waals surface area contributed by atoms with Crippen LogP contribution in [0.15, 0.2) is 24.3 Å². The van der Waals surface area contributed by atoms with Gasteiger partial charge in [0.2, 0.25) is 0 Å². The molecule has 0 radical (unpaired) electrons. The van der Waals surface area contributed by atoms with E-state index in [-0.39, 0.29) is 12.1 Å². The normalized spacial score (nSPS) is 17.7. The van der Waals surface area contributed by atoms with E-state index < -0.39 is 0 Å². The Morgan fingerprint density at radius 3 is 2.75 bits per heavy atom. The van der Waals surface area contributed by atoms with Crippen molar-refractivity contribution < 1.29 is 4.79 Å². The zero-order valence-electron chi connectivity index (χ0n) is 15.1. The molecule has 0 fully saturated rings. The minimum Gasteiger partial charge on any atom is -0.335 e. The molecule has 1 N–H and O–H groups in total. The van der Waals surface area contributed by atoms with Crippen LogP contribution >= 0.6 is 0 Å². The number of fused-ring (bicyclic) bond motifs is 1. The van der Waals surface area contributed by atoms with Crippen LogP contribution in [0.4, 0.5) is 10.5 Å². The van der Waals surface area contributed by atoms with Crippen LogP contribution in [0.5, 0.6) is 0 Å². The SMILES string of the molecule is Cc1nn(C)c(C)c1C[C@@H](C)NC(=O)N1C[C@@H](C)c2ccccc21. The van der Waals surface area contributed by atoms with Gasteiger partial charge >= 0.3 is 6.03 Å². The molecule has 24 heavy (non-hydrogen) atoms. The van der Waals surface area contributed by atoms with Crippen molar-refractivity contribution >= 4 is 11.7 Å². The first-order valence-corrected chi connectivity index (χ1v) is 8.54. The molecule has 0 bridgehead atoms. The van der Waals surface area contributed by atoms with Crippen molar-refractivity contribution in [1.82, 2.24) is 15.1 Å². The third kappa shape index (κ3) is 2.90. The van der Waals surface area contributed by atoms with Crippen molar-refractivity contribution in [2.45, 2.75) is 46.1 Å². The highest BCUT2D eigenvalue weighted by molar-refractivity contribution is 5.94. The van der Waals surface area contributed by atoms with Crippen molar-refractivity contribution in [2.75, 3.05) is 11.4 Å². The molecule has 2 heterocycles. The Balaban J connectivity index is 1.69. The highest BCUT2D eigenvalue weighted by Gasteiger charge is 2.30. The van der Waals surface area contributed by atoms with E-state index in [1.807, 2.05) is 41.8 Å². The molecule has 1 aromatic carbocycles. The average Bonchev–Trinajstić information content (AvgIpc) is 3.00. The molecular formula is C19H26N4O. The number of hydrogen-bond acceptors (Lipinski definition) is 2. The topological polar surface area (TPSA) is 50.2 Å². The number of carbonyl (C=O) groups excluding carboxylic acids is 1. The molecule has 0 spiro atoms. The van der Waals surface area contributed by atoms with E-state index in [0.29, 0.717) is 5.92 Å². The van der Waals surface area contributed by atoms with Crippen molar-refractivity contribution in [2.24, 2.45) is 7.05 Å². The van der Waals surface area contributed by atoms with Crippen LogP contribution < -0.4 is 10.2 Å². The Kier molecular flexibility index (Phi) is 4.35. The van der Waals surface area contributed by atoms with Gasteiger partial charge in [-0.1, -0.05) is 25.1 Å². The summed E-state index contributed by atoms with van der Waals surface area (Å²) in [6.07, 6.45) is 0.794. The summed E-state index contributed by atoms with van der Waals surface area (Å²) in [6, 6.07) is 8.20. The molecule has 1 aromatic heterocycles. The summed E-state index contributed by atoms with van der Waals surface area (Å²) in [5, 5.41) is 7.60. The summed E-state index contributed by atoms with van der Waals surface area (Å²) in [4.78, 5) is 14.6. The van der Waals surface area contributed by atoms with Crippen molar-refractivity contribution in [1.29, 1.82) is 0 Å². The lowest BCUT2D eigenvalue weighted by Gasteiger charge is -2.22. The third-order valence-electron chi connectivity index (χ3n) is 5.00. The van der Waals surface area contributed by atoms with Crippen LogP contribution in [0, 0.1) is 13.8 Å². The molecule has 1 aliphatic rings. The van der Waals surface area contributed by atoms with Gasteiger partial charge in [-0.05, 0) is 44.4 Å². The lowest BCUT2D eigenvalue weighted by molar-refractivity contribution is 0.243. The Labute approximate surface area is 143 Å². The van der Waals surface area contributed by atoms with Gasteiger partial charge in [-0.25, -0.2) is 4.79 Å². The van der Waals surface area contributed by atoms with Crippen LogP contribution in [0.1, 0.15) is 42.3 Å². The number of amides is 2.